The SMILES string of the molecule is COC(=O)[C@]1(NC(=O)OC(C)(C)C)CC[C@H]1Cc1ccccc1. The Morgan fingerprint density at radius 1 is 1.26 bits per heavy atom. The van der Waals surface area contributed by atoms with Crippen LogP contribution in [0.3, 0.4) is 0 Å². The Labute approximate surface area is 137 Å². The Balaban J connectivity index is 2.13. The highest BCUT2D eigenvalue weighted by Crippen LogP contribution is 2.42. The molecule has 1 N–H and O–H groups in total. The number of hydrogen-bond acceptors (Lipinski definition) is 4. The van der Waals surface area contributed by atoms with Crippen LogP contribution in [0.15, 0.2) is 30.3 Å². The average Bonchev–Trinajstić information content (AvgIpc) is 2.47. The Morgan fingerprint density at radius 2 is 1.91 bits per heavy atom. The van der Waals surface area contributed by atoms with Gasteiger partial charge in [0, 0.05) is 0 Å². The Kier molecular flexibility index (Phi) is 4.97. The molecule has 0 bridgehead atoms. The Hall–Kier alpha value is -2.04. The number of methoxy groups -OCH3 is 1. The van der Waals surface area contributed by atoms with E-state index >= 15 is 0 Å². The number of nitrogens with one attached hydrogen (secondary N) is 1. The van der Waals surface area contributed by atoms with Crippen LogP contribution < -0.4 is 5.32 Å². The van der Waals surface area contributed by atoms with Gasteiger partial charge in [0.2, 0.25) is 0 Å². The van der Waals surface area contributed by atoms with Gasteiger partial charge >= 0.3 is 12.1 Å². The van der Waals surface area contributed by atoms with Crippen LogP contribution in [-0.2, 0) is 20.7 Å². The molecular weight excluding hydrogens is 294 g/mol. The van der Waals surface area contributed by atoms with Gasteiger partial charge in [0.1, 0.15) is 11.1 Å². The van der Waals surface area contributed by atoms with Gasteiger partial charge in [-0.1, -0.05) is 30.3 Å². The predicted molar refractivity (Wildman–Crippen MR) is 87.0 cm³/mol. The van der Waals surface area contributed by atoms with Crippen LogP contribution in [-0.4, -0.2) is 30.3 Å². The molecule has 1 aromatic carbocycles. The number of benzene rings is 1. The molecule has 1 saturated carbocycles. The number of esters is 1. The number of carbonyl (C=O) groups is 2. The van der Waals surface area contributed by atoms with Crippen molar-refractivity contribution in [3.05, 3.63) is 35.9 Å². The van der Waals surface area contributed by atoms with E-state index in [4.69, 9.17) is 9.47 Å². The maximum atomic E-state index is 12.3. The van der Waals surface area contributed by atoms with Crippen molar-refractivity contribution in [1.29, 1.82) is 0 Å². The summed E-state index contributed by atoms with van der Waals surface area (Å²) in [4.78, 5) is 24.5. The highest BCUT2D eigenvalue weighted by Gasteiger charge is 2.55. The van der Waals surface area contributed by atoms with Gasteiger partial charge in [-0.2, -0.15) is 0 Å². The van der Waals surface area contributed by atoms with Crippen molar-refractivity contribution in [3.8, 4) is 0 Å². The van der Waals surface area contributed by atoms with Crippen LogP contribution in [0.25, 0.3) is 0 Å². The van der Waals surface area contributed by atoms with E-state index in [-0.39, 0.29) is 5.92 Å². The van der Waals surface area contributed by atoms with Crippen molar-refractivity contribution in [2.24, 2.45) is 5.92 Å². The summed E-state index contributed by atoms with van der Waals surface area (Å²) in [6.07, 6.45) is 1.56. The van der Waals surface area contributed by atoms with Crippen LogP contribution in [0.1, 0.15) is 39.2 Å². The number of amides is 1. The predicted octanol–water partition coefficient (Wildman–Crippen LogP) is 3.08. The number of ether oxygens (including phenoxy) is 2. The number of alkyl carbamates (subject to hydrolysis) is 1. The van der Waals surface area contributed by atoms with Crippen molar-refractivity contribution < 1.29 is 19.1 Å². The molecule has 0 aromatic heterocycles. The largest absolute Gasteiger partial charge is 0.467 e. The monoisotopic (exact) mass is 319 g/mol. The summed E-state index contributed by atoms with van der Waals surface area (Å²) in [6, 6.07) is 9.93. The van der Waals surface area contributed by atoms with Crippen molar-refractivity contribution in [3.63, 3.8) is 0 Å². The molecular formula is C18H25NO4. The summed E-state index contributed by atoms with van der Waals surface area (Å²) in [7, 11) is 1.35. The van der Waals surface area contributed by atoms with Gasteiger partial charge in [0.15, 0.2) is 0 Å². The van der Waals surface area contributed by atoms with Gasteiger partial charge in [-0.3, -0.25) is 0 Å². The molecule has 1 aromatic rings. The summed E-state index contributed by atoms with van der Waals surface area (Å²) in [6.45, 7) is 5.37. The van der Waals surface area contributed by atoms with Crippen LogP contribution >= 0.6 is 0 Å². The van der Waals surface area contributed by atoms with Crippen molar-refractivity contribution in [1.82, 2.24) is 5.32 Å². The fraction of sp³-hybridized carbons (Fsp3) is 0.556. The summed E-state index contributed by atoms with van der Waals surface area (Å²) in [5.41, 5.74) is -0.469. The smallest absolute Gasteiger partial charge is 0.408 e. The highest BCUT2D eigenvalue weighted by atomic mass is 16.6. The zero-order valence-electron chi connectivity index (χ0n) is 14.2. The van der Waals surface area contributed by atoms with E-state index in [1.54, 1.807) is 20.8 Å². The molecule has 1 aliphatic carbocycles. The third kappa shape index (κ3) is 4.03. The maximum absolute atomic E-state index is 12.3. The zero-order chi connectivity index (χ0) is 17.1. The zero-order valence-corrected chi connectivity index (χ0v) is 14.2. The van der Waals surface area contributed by atoms with Crippen LogP contribution in [0.2, 0.25) is 0 Å². The number of hydrogen-bond donors (Lipinski definition) is 1. The van der Waals surface area contributed by atoms with E-state index in [0.29, 0.717) is 12.8 Å². The molecule has 2 rings (SSSR count). The molecule has 1 fully saturated rings. The Morgan fingerprint density at radius 3 is 2.39 bits per heavy atom. The van der Waals surface area contributed by atoms with E-state index in [2.05, 4.69) is 5.32 Å². The van der Waals surface area contributed by atoms with Gasteiger partial charge in [0.05, 0.1) is 7.11 Å². The van der Waals surface area contributed by atoms with Gasteiger partial charge in [-0.25, -0.2) is 9.59 Å². The minimum atomic E-state index is -0.993. The minimum absolute atomic E-state index is 0.00451. The molecule has 0 radical (unpaired) electrons. The minimum Gasteiger partial charge on any atom is -0.467 e. The molecule has 23 heavy (non-hydrogen) atoms. The van der Waals surface area contributed by atoms with E-state index in [9.17, 15) is 9.59 Å². The standard InChI is InChI=1S/C18H25NO4/c1-17(2,3)23-16(21)19-18(15(20)22-4)11-10-14(18)12-13-8-6-5-7-9-13/h5-9,14H,10-12H2,1-4H3,(H,19,21)/t14-,18-/m0/s1. The van der Waals surface area contributed by atoms with Crippen molar-refractivity contribution in [2.75, 3.05) is 7.11 Å². The molecule has 0 spiro atoms. The van der Waals surface area contributed by atoms with Gasteiger partial charge in [0.25, 0.3) is 0 Å². The lowest BCUT2D eigenvalue weighted by molar-refractivity contribution is -0.157. The highest BCUT2D eigenvalue weighted by molar-refractivity contribution is 5.87. The summed E-state index contributed by atoms with van der Waals surface area (Å²) in [5.74, 6) is -0.402. The molecule has 1 amide bonds. The first-order valence-electron chi connectivity index (χ1n) is 7.90. The first-order valence-corrected chi connectivity index (χ1v) is 7.90. The van der Waals surface area contributed by atoms with Crippen LogP contribution in [0, 0.1) is 5.92 Å². The van der Waals surface area contributed by atoms with Gasteiger partial charge in [-0.15, -0.1) is 0 Å². The molecule has 0 aliphatic heterocycles. The van der Waals surface area contributed by atoms with E-state index < -0.39 is 23.2 Å². The second-order valence-corrected chi connectivity index (χ2v) is 7.02. The molecule has 5 heteroatoms. The quantitative estimate of drug-likeness (QED) is 0.866. The fourth-order valence-corrected chi connectivity index (χ4v) is 2.96. The number of carbonyl (C=O) groups excluding carboxylic acids is 2. The second-order valence-electron chi connectivity index (χ2n) is 7.02. The van der Waals surface area contributed by atoms with Gasteiger partial charge < -0.3 is 14.8 Å². The Bertz CT molecular complexity index is 564. The lowest BCUT2D eigenvalue weighted by Crippen LogP contribution is -2.66. The van der Waals surface area contributed by atoms with E-state index in [1.807, 2.05) is 30.3 Å². The normalized spacial score (nSPS) is 23.6. The van der Waals surface area contributed by atoms with E-state index in [1.165, 1.54) is 7.11 Å². The molecule has 0 saturated heterocycles. The van der Waals surface area contributed by atoms with Gasteiger partial charge in [-0.05, 0) is 51.5 Å². The van der Waals surface area contributed by atoms with Crippen molar-refractivity contribution in [2.45, 2.75) is 51.2 Å². The maximum Gasteiger partial charge on any atom is 0.408 e. The summed E-state index contributed by atoms with van der Waals surface area (Å²) < 4.78 is 10.3. The lowest BCUT2D eigenvalue weighted by atomic mass is 9.64. The molecule has 5 nitrogen and oxygen atoms in total. The lowest BCUT2D eigenvalue weighted by Gasteiger charge is -2.47. The molecule has 0 unspecified atom stereocenters. The summed E-state index contributed by atoms with van der Waals surface area (Å²) in [5, 5.41) is 2.77. The number of rotatable bonds is 4. The van der Waals surface area contributed by atoms with E-state index in [0.717, 1.165) is 12.0 Å². The second kappa shape index (κ2) is 6.60. The molecule has 126 valence electrons. The average molecular weight is 319 g/mol. The van der Waals surface area contributed by atoms with Crippen LogP contribution in [0.4, 0.5) is 4.79 Å². The molecule has 1 aliphatic rings. The third-order valence-corrected chi connectivity index (χ3v) is 4.18. The molecule has 2 atom stereocenters. The van der Waals surface area contributed by atoms with Crippen LogP contribution in [0.5, 0.6) is 0 Å². The van der Waals surface area contributed by atoms with Crippen molar-refractivity contribution >= 4 is 12.1 Å². The topological polar surface area (TPSA) is 64.6 Å². The third-order valence-electron chi connectivity index (χ3n) is 4.18. The fourth-order valence-electron chi connectivity index (χ4n) is 2.96. The molecule has 0 heterocycles. The first kappa shape index (κ1) is 17.3. The summed E-state index contributed by atoms with van der Waals surface area (Å²) >= 11 is 0. The first-order chi connectivity index (χ1) is 10.8.